The molecule has 0 saturated carbocycles. The van der Waals surface area contributed by atoms with Crippen molar-refractivity contribution in [2.45, 2.75) is 23.1 Å². The van der Waals surface area contributed by atoms with Crippen LogP contribution in [0.15, 0.2) is 88.2 Å². The van der Waals surface area contributed by atoms with E-state index in [1.54, 1.807) is 17.8 Å². The highest BCUT2D eigenvalue weighted by molar-refractivity contribution is 7.99. The number of anilines is 1. The molecule has 1 fully saturated rings. The fraction of sp³-hybridized carbons (Fsp3) is 0.0800. The topological polar surface area (TPSA) is 49.4 Å². The lowest BCUT2D eigenvalue weighted by atomic mass is 10.0. The third-order valence-corrected chi connectivity index (χ3v) is 6.51. The van der Waals surface area contributed by atoms with Crippen LogP contribution in [0.5, 0.6) is 0 Å². The zero-order valence-electron chi connectivity index (χ0n) is 17.2. The van der Waals surface area contributed by atoms with E-state index in [0.717, 1.165) is 27.3 Å². The maximum absolute atomic E-state index is 13.2. The van der Waals surface area contributed by atoms with Gasteiger partial charge in [-0.05, 0) is 78.3 Å². The lowest BCUT2D eigenvalue weighted by molar-refractivity contribution is -0.122. The monoisotopic (exact) mass is 478 g/mol. The van der Waals surface area contributed by atoms with Crippen molar-refractivity contribution >= 4 is 64.3 Å². The Hall–Kier alpha value is -2.93. The number of nitrogens with zero attached hydrogens (tertiary/aromatic N) is 1. The maximum Gasteiger partial charge on any atom is 0.270 e. The van der Waals surface area contributed by atoms with E-state index in [9.17, 15) is 9.59 Å². The predicted molar refractivity (Wildman–Crippen MR) is 134 cm³/mol. The standard InChI is InChI=1S/C25H19ClN2O2S2/c1-2-17-5-3-4-6-22(17)28-24(30)21(23(29)27-25(28)31)15-16-7-11-19(12-8-16)32-20-13-9-18(26)10-14-20/h3-15H,2H2,1H3,(H,27,29,31)/b21-15+. The molecule has 0 spiro atoms. The van der Waals surface area contributed by atoms with Crippen molar-refractivity contribution in [1.82, 2.24) is 5.32 Å². The van der Waals surface area contributed by atoms with Crippen LogP contribution in [-0.2, 0) is 16.0 Å². The van der Waals surface area contributed by atoms with Crippen LogP contribution in [0.3, 0.4) is 0 Å². The first-order valence-corrected chi connectivity index (χ1v) is 11.6. The van der Waals surface area contributed by atoms with Gasteiger partial charge in [0.25, 0.3) is 11.8 Å². The largest absolute Gasteiger partial charge is 0.298 e. The van der Waals surface area contributed by atoms with Crippen molar-refractivity contribution in [2.24, 2.45) is 0 Å². The molecule has 1 heterocycles. The summed E-state index contributed by atoms with van der Waals surface area (Å²) in [6.45, 7) is 2.01. The van der Waals surface area contributed by atoms with Crippen LogP contribution in [0.25, 0.3) is 6.08 Å². The molecule has 0 bridgehead atoms. The highest BCUT2D eigenvalue weighted by atomic mass is 35.5. The molecule has 32 heavy (non-hydrogen) atoms. The van der Waals surface area contributed by atoms with Gasteiger partial charge in [0.15, 0.2) is 5.11 Å². The van der Waals surface area contributed by atoms with Crippen LogP contribution in [0, 0.1) is 0 Å². The minimum Gasteiger partial charge on any atom is -0.298 e. The van der Waals surface area contributed by atoms with E-state index in [2.05, 4.69) is 5.32 Å². The first-order chi connectivity index (χ1) is 15.5. The lowest BCUT2D eigenvalue weighted by Gasteiger charge is -2.30. The van der Waals surface area contributed by atoms with Gasteiger partial charge in [0.05, 0.1) is 5.69 Å². The quantitative estimate of drug-likeness (QED) is 0.282. The Balaban J connectivity index is 1.59. The Morgan fingerprint density at radius 2 is 1.59 bits per heavy atom. The van der Waals surface area contributed by atoms with E-state index in [1.165, 1.54) is 4.90 Å². The molecule has 2 amide bonds. The number of thiocarbonyl (C=S) groups is 1. The molecule has 1 aliphatic rings. The molecule has 0 radical (unpaired) electrons. The molecule has 0 atom stereocenters. The molecule has 4 rings (SSSR count). The number of amides is 2. The smallest absolute Gasteiger partial charge is 0.270 e. The number of nitrogens with one attached hydrogen (secondary N) is 1. The summed E-state index contributed by atoms with van der Waals surface area (Å²) in [5.74, 6) is -0.927. The minimum absolute atomic E-state index is 0.0441. The number of halogens is 1. The van der Waals surface area contributed by atoms with Crippen LogP contribution in [0.2, 0.25) is 5.02 Å². The van der Waals surface area contributed by atoms with Crippen LogP contribution >= 0.6 is 35.6 Å². The number of carbonyl (C=O) groups excluding carboxylic acids is 2. The van der Waals surface area contributed by atoms with Gasteiger partial charge >= 0.3 is 0 Å². The van der Waals surface area contributed by atoms with Gasteiger partial charge in [0.1, 0.15) is 5.57 Å². The van der Waals surface area contributed by atoms with Gasteiger partial charge in [-0.3, -0.25) is 19.8 Å². The normalized spacial score (nSPS) is 15.2. The maximum atomic E-state index is 13.2. The van der Waals surface area contributed by atoms with Gasteiger partial charge in [-0.1, -0.05) is 60.6 Å². The Morgan fingerprint density at radius 1 is 0.969 bits per heavy atom. The van der Waals surface area contributed by atoms with Crippen LogP contribution in [0.1, 0.15) is 18.1 Å². The second-order valence-corrected chi connectivity index (χ2v) is 9.04. The fourth-order valence-corrected chi connectivity index (χ4v) is 4.56. The summed E-state index contributed by atoms with van der Waals surface area (Å²) in [4.78, 5) is 29.3. The van der Waals surface area contributed by atoms with E-state index in [4.69, 9.17) is 23.8 Å². The van der Waals surface area contributed by atoms with Crippen molar-refractivity contribution in [3.63, 3.8) is 0 Å². The van der Waals surface area contributed by atoms with Gasteiger partial charge in [-0.2, -0.15) is 0 Å². The molecule has 160 valence electrons. The third kappa shape index (κ3) is 4.78. The molecule has 0 unspecified atom stereocenters. The molecule has 3 aromatic carbocycles. The summed E-state index contributed by atoms with van der Waals surface area (Å²) in [5, 5.41) is 3.43. The van der Waals surface area contributed by atoms with Crippen molar-refractivity contribution in [3.05, 3.63) is 94.5 Å². The Morgan fingerprint density at radius 3 is 2.25 bits per heavy atom. The van der Waals surface area contributed by atoms with Gasteiger partial charge in [-0.15, -0.1) is 0 Å². The number of hydrogen-bond acceptors (Lipinski definition) is 4. The number of benzene rings is 3. The number of hydrogen-bond donors (Lipinski definition) is 1. The Labute approximate surface area is 201 Å². The molecule has 7 heteroatoms. The van der Waals surface area contributed by atoms with Crippen molar-refractivity contribution in [2.75, 3.05) is 4.90 Å². The molecule has 0 aromatic heterocycles. The second-order valence-electron chi connectivity index (χ2n) is 7.07. The second kappa shape index (κ2) is 9.69. The van der Waals surface area contributed by atoms with Crippen LogP contribution < -0.4 is 10.2 Å². The zero-order valence-corrected chi connectivity index (χ0v) is 19.6. The third-order valence-electron chi connectivity index (χ3n) is 4.96. The summed E-state index contributed by atoms with van der Waals surface area (Å²) >= 11 is 12.9. The summed E-state index contributed by atoms with van der Waals surface area (Å²) in [6, 6.07) is 22.8. The number of rotatable bonds is 5. The van der Waals surface area contributed by atoms with E-state index >= 15 is 0 Å². The number of para-hydroxylation sites is 1. The highest BCUT2D eigenvalue weighted by Gasteiger charge is 2.35. The molecular weight excluding hydrogens is 460 g/mol. The summed E-state index contributed by atoms with van der Waals surface area (Å²) in [7, 11) is 0. The lowest BCUT2D eigenvalue weighted by Crippen LogP contribution is -2.54. The SMILES string of the molecule is CCc1ccccc1N1C(=O)/C(=C/c2ccc(Sc3ccc(Cl)cc3)cc2)C(=O)NC1=S. The van der Waals surface area contributed by atoms with Crippen molar-refractivity contribution in [3.8, 4) is 0 Å². The van der Waals surface area contributed by atoms with Crippen LogP contribution in [-0.4, -0.2) is 16.9 Å². The first-order valence-electron chi connectivity index (χ1n) is 9.99. The predicted octanol–water partition coefficient (Wildman–Crippen LogP) is 5.88. The molecule has 3 aromatic rings. The van der Waals surface area contributed by atoms with E-state index in [0.29, 0.717) is 10.7 Å². The van der Waals surface area contributed by atoms with Gasteiger partial charge in [-0.25, -0.2) is 0 Å². The Bertz CT molecular complexity index is 1220. The van der Waals surface area contributed by atoms with Crippen molar-refractivity contribution < 1.29 is 9.59 Å². The minimum atomic E-state index is -0.496. The molecule has 1 aliphatic heterocycles. The summed E-state index contributed by atoms with van der Waals surface area (Å²) in [6.07, 6.45) is 2.33. The van der Waals surface area contributed by atoms with Crippen molar-refractivity contribution in [1.29, 1.82) is 0 Å². The zero-order chi connectivity index (χ0) is 22.7. The number of aryl methyl sites for hydroxylation is 1. The average molecular weight is 479 g/mol. The molecule has 4 nitrogen and oxygen atoms in total. The van der Waals surface area contributed by atoms with Gasteiger partial charge in [0, 0.05) is 14.8 Å². The first kappa shape index (κ1) is 22.3. The van der Waals surface area contributed by atoms with Crippen LogP contribution in [0.4, 0.5) is 5.69 Å². The molecule has 0 aliphatic carbocycles. The molecule has 1 N–H and O–H groups in total. The molecular formula is C25H19ClN2O2S2. The average Bonchev–Trinajstić information content (AvgIpc) is 2.79. The van der Waals surface area contributed by atoms with Gasteiger partial charge < -0.3 is 0 Å². The van der Waals surface area contributed by atoms with E-state index in [-0.39, 0.29) is 10.7 Å². The highest BCUT2D eigenvalue weighted by Crippen LogP contribution is 2.30. The summed E-state index contributed by atoms with van der Waals surface area (Å²) < 4.78 is 0. The van der Waals surface area contributed by atoms with E-state index in [1.807, 2.05) is 79.7 Å². The Kier molecular flexibility index (Phi) is 6.74. The van der Waals surface area contributed by atoms with Gasteiger partial charge in [0.2, 0.25) is 0 Å². The fourth-order valence-electron chi connectivity index (χ4n) is 3.34. The molecule has 1 saturated heterocycles. The summed E-state index contributed by atoms with van der Waals surface area (Å²) in [5.41, 5.74) is 2.45. The van der Waals surface area contributed by atoms with E-state index < -0.39 is 11.8 Å². The number of carbonyl (C=O) groups is 2.